The van der Waals surface area contributed by atoms with E-state index in [1.54, 1.807) is 24.5 Å². The molecule has 4 rings (SSSR count). The molecule has 1 aliphatic heterocycles. The Hall–Kier alpha value is -2.83. The average Bonchev–Trinajstić information content (AvgIpc) is 2.90. The van der Waals surface area contributed by atoms with Crippen LogP contribution in [0.25, 0.3) is 11.7 Å². The minimum absolute atomic E-state index is 0.382. The van der Waals surface area contributed by atoms with Gasteiger partial charge in [-0.2, -0.15) is 0 Å². The lowest BCUT2D eigenvalue weighted by molar-refractivity contribution is 0.507. The lowest BCUT2D eigenvalue weighted by Gasteiger charge is -2.22. The number of aryl methyl sites for hydroxylation is 1. The smallest absolute Gasteiger partial charge is 0.265 e. The summed E-state index contributed by atoms with van der Waals surface area (Å²) in [6.45, 7) is 1.19. The highest BCUT2D eigenvalue weighted by molar-refractivity contribution is 5.48. The highest BCUT2D eigenvalue weighted by Crippen LogP contribution is 2.27. The molecule has 7 heteroatoms. The molecule has 0 bridgehead atoms. The van der Waals surface area contributed by atoms with Gasteiger partial charge in [-0.25, -0.2) is 23.7 Å². The van der Waals surface area contributed by atoms with Crippen LogP contribution in [0.4, 0.5) is 14.5 Å². The Labute approximate surface area is 137 Å². The number of hydrogen-bond donors (Lipinski definition) is 0. The molecule has 3 aromatic rings. The van der Waals surface area contributed by atoms with Crippen LogP contribution >= 0.6 is 0 Å². The Morgan fingerprint density at radius 2 is 1.92 bits per heavy atom. The van der Waals surface area contributed by atoms with Crippen molar-refractivity contribution in [1.82, 2.24) is 15.0 Å². The normalized spacial score (nSPS) is 14.3. The van der Waals surface area contributed by atoms with Crippen LogP contribution in [-0.2, 0) is 13.0 Å². The highest BCUT2D eigenvalue weighted by Gasteiger charge is 2.22. The van der Waals surface area contributed by atoms with Gasteiger partial charge in [0.05, 0.1) is 6.54 Å². The van der Waals surface area contributed by atoms with Crippen LogP contribution < -0.4 is 4.90 Å². The zero-order valence-corrected chi connectivity index (χ0v) is 12.7. The van der Waals surface area contributed by atoms with Crippen molar-refractivity contribution in [3.05, 3.63) is 59.7 Å². The molecule has 0 saturated heterocycles. The number of fused-ring (bicyclic) bond motifs is 1. The van der Waals surface area contributed by atoms with Crippen molar-refractivity contribution < 1.29 is 13.2 Å². The van der Waals surface area contributed by atoms with Gasteiger partial charge in [-0.15, -0.1) is 0 Å². The summed E-state index contributed by atoms with van der Waals surface area (Å²) in [6, 6.07) is 5.65. The lowest BCUT2D eigenvalue weighted by atomic mass is 10.2. The SMILES string of the molecule is Fc1ccc(N2CCCc3oc(-c4ncccn4)nc3C2)cc1F. The van der Waals surface area contributed by atoms with E-state index in [9.17, 15) is 8.78 Å². The third kappa shape index (κ3) is 2.73. The van der Waals surface area contributed by atoms with Crippen molar-refractivity contribution >= 4 is 5.69 Å². The van der Waals surface area contributed by atoms with Crippen molar-refractivity contribution in [3.8, 4) is 11.7 Å². The maximum absolute atomic E-state index is 13.5. The summed E-state index contributed by atoms with van der Waals surface area (Å²) >= 11 is 0. The fraction of sp³-hybridized carbons (Fsp3) is 0.235. The quantitative estimate of drug-likeness (QED) is 0.722. The summed E-state index contributed by atoms with van der Waals surface area (Å²) < 4.78 is 32.4. The third-order valence-corrected chi connectivity index (χ3v) is 3.98. The summed E-state index contributed by atoms with van der Waals surface area (Å²) in [6.07, 6.45) is 4.82. The molecule has 0 radical (unpaired) electrons. The van der Waals surface area contributed by atoms with Crippen LogP contribution in [0, 0.1) is 11.6 Å². The van der Waals surface area contributed by atoms with Gasteiger partial charge in [0.2, 0.25) is 5.82 Å². The van der Waals surface area contributed by atoms with Gasteiger partial charge in [-0.1, -0.05) is 0 Å². The molecule has 0 spiro atoms. The fourth-order valence-corrected chi connectivity index (χ4v) is 2.80. The van der Waals surface area contributed by atoms with E-state index < -0.39 is 11.6 Å². The molecule has 0 fully saturated rings. The van der Waals surface area contributed by atoms with Crippen LogP contribution in [0.15, 0.2) is 41.1 Å². The van der Waals surface area contributed by atoms with E-state index in [4.69, 9.17) is 4.42 Å². The zero-order valence-electron chi connectivity index (χ0n) is 12.7. The molecule has 0 aliphatic carbocycles. The van der Waals surface area contributed by atoms with Crippen molar-refractivity contribution in [1.29, 1.82) is 0 Å². The van der Waals surface area contributed by atoms with Crippen LogP contribution in [0.2, 0.25) is 0 Å². The minimum atomic E-state index is -0.851. The topological polar surface area (TPSA) is 55.1 Å². The molecule has 24 heavy (non-hydrogen) atoms. The van der Waals surface area contributed by atoms with Gasteiger partial charge in [0.25, 0.3) is 5.89 Å². The second-order valence-corrected chi connectivity index (χ2v) is 5.58. The Morgan fingerprint density at radius 1 is 1.08 bits per heavy atom. The third-order valence-electron chi connectivity index (χ3n) is 3.98. The predicted molar refractivity (Wildman–Crippen MR) is 83.3 cm³/mol. The summed E-state index contributed by atoms with van der Waals surface area (Å²) in [4.78, 5) is 14.7. The summed E-state index contributed by atoms with van der Waals surface area (Å²) in [5.74, 6) is -0.0880. The lowest BCUT2D eigenvalue weighted by Crippen LogP contribution is -2.23. The molecule has 0 atom stereocenters. The van der Waals surface area contributed by atoms with Crippen LogP contribution in [-0.4, -0.2) is 21.5 Å². The van der Waals surface area contributed by atoms with E-state index in [0.29, 0.717) is 30.5 Å². The van der Waals surface area contributed by atoms with Gasteiger partial charge in [0.1, 0.15) is 11.5 Å². The maximum Gasteiger partial charge on any atom is 0.265 e. The number of anilines is 1. The van der Waals surface area contributed by atoms with Crippen molar-refractivity contribution in [2.75, 3.05) is 11.4 Å². The Balaban J connectivity index is 1.65. The van der Waals surface area contributed by atoms with Gasteiger partial charge in [0, 0.05) is 37.1 Å². The number of hydrogen-bond acceptors (Lipinski definition) is 5. The van der Waals surface area contributed by atoms with E-state index in [1.807, 2.05) is 4.90 Å². The summed E-state index contributed by atoms with van der Waals surface area (Å²) in [7, 11) is 0. The average molecular weight is 328 g/mol. The first-order valence-electron chi connectivity index (χ1n) is 7.66. The first-order valence-corrected chi connectivity index (χ1v) is 7.66. The molecular formula is C17H14F2N4O. The number of aromatic nitrogens is 3. The van der Waals surface area contributed by atoms with E-state index in [0.717, 1.165) is 30.4 Å². The van der Waals surface area contributed by atoms with Crippen molar-refractivity contribution in [3.63, 3.8) is 0 Å². The molecular weight excluding hydrogens is 314 g/mol. The molecule has 0 saturated carbocycles. The highest BCUT2D eigenvalue weighted by atomic mass is 19.2. The molecule has 1 aromatic carbocycles. The minimum Gasteiger partial charge on any atom is -0.438 e. The second kappa shape index (κ2) is 5.99. The molecule has 5 nitrogen and oxygen atoms in total. The van der Waals surface area contributed by atoms with Gasteiger partial charge in [-0.05, 0) is 24.6 Å². The first-order chi connectivity index (χ1) is 11.7. The summed E-state index contributed by atoms with van der Waals surface area (Å²) in [5.41, 5.74) is 1.40. The van der Waals surface area contributed by atoms with Gasteiger partial charge < -0.3 is 9.32 Å². The number of nitrogens with zero attached hydrogens (tertiary/aromatic N) is 4. The summed E-state index contributed by atoms with van der Waals surface area (Å²) in [5, 5.41) is 0. The van der Waals surface area contributed by atoms with E-state index in [-0.39, 0.29) is 0 Å². The van der Waals surface area contributed by atoms with E-state index in [1.165, 1.54) is 6.07 Å². The van der Waals surface area contributed by atoms with E-state index >= 15 is 0 Å². The maximum atomic E-state index is 13.5. The standard InChI is InChI=1S/C17H14F2N4O/c18-12-5-4-11(9-13(12)19)23-8-1-3-15-14(10-23)22-17(24-15)16-20-6-2-7-21-16/h2,4-7,9H,1,3,8,10H2. The number of benzene rings is 1. The van der Waals surface area contributed by atoms with Crippen molar-refractivity contribution in [2.45, 2.75) is 19.4 Å². The number of oxazole rings is 1. The monoisotopic (exact) mass is 328 g/mol. The molecule has 2 aromatic heterocycles. The Bertz CT molecular complexity index is 866. The molecule has 0 N–H and O–H groups in total. The van der Waals surface area contributed by atoms with Gasteiger partial charge in [-0.3, -0.25) is 0 Å². The van der Waals surface area contributed by atoms with Crippen molar-refractivity contribution in [2.24, 2.45) is 0 Å². The van der Waals surface area contributed by atoms with Gasteiger partial charge >= 0.3 is 0 Å². The molecule has 3 heterocycles. The Morgan fingerprint density at radius 3 is 2.71 bits per heavy atom. The second-order valence-electron chi connectivity index (χ2n) is 5.58. The molecule has 1 aliphatic rings. The van der Waals surface area contributed by atoms with Gasteiger partial charge in [0.15, 0.2) is 11.6 Å². The Kier molecular flexibility index (Phi) is 3.68. The fourth-order valence-electron chi connectivity index (χ4n) is 2.80. The predicted octanol–water partition coefficient (Wildman–Crippen LogP) is 3.36. The zero-order chi connectivity index (χ0) is 16.5. The van der Waals surface area contributed by atoms with Crippen LogP contribution in [0.3, 0.4) is 0 Å². The van der Waals surface area contributed by atoms with Crippen LogP contribution in [0.1, 0.15) is 17.9 Å². The number of halogens is 2. The number of rotatable bonds is 2. The van der Waals surface area contributed by atoms with Crippen LogP contribution in [0.5, 0.6) is 0 Å². The van der Waals surface area contributed by atoms with E-state index in [2.05, 4.69) is 15.0 Å². The largest absolute Gasteiger partial charge is 0.438 e. The molecule has 0 unspecified atom stereocenters. The molecule has 0 amide bonds. The molecule has 122 valence electrons. The first kappa shape index (κ1) is 14.7.